The molecule has 3 aliphatic carbocycles. The van der Waals surface area contributed by atoms with Crippen LogP contribution in [-0.4, -0.2) is 11.1 Å². The van der Waals surface area contributed by atoms with Crippen molar-refractivity contribution in [3.8, 4) is 0 Å². The number of benzene rings is 1. The van der Waals surface area contributed by atoms with E-state index in [1.807, 2.05) is 0 Å². The molecule has 1 heterocycles. The third-order valence-corrected chi connectivity index (χ3v) is 6.35. The largest absolute Gasteiger partial charge is 0.739 e. The Morgan fingerprint density at radius 3 is 2.52 bits per heavy atom. The molecule has 3 fully saturated rings. The highest BCUT2D eigenvalue weighted by atomic mass is 16.5. The van der Waals surface area contributed by atoms with Crippen molar-refractivity contribution in [2.45, 2.75) is 39.7 Å². The predicted molar refractivity (Wildman–Crippen MR) is 86.2 cm³/mol. The molecule has 0 amide bonds. The lowest BCUT2D eigenvalue weighted by molar-refractivity contribution is -0.672. The van der Waals surface area contributed by atoms with Crippen LogP contribution in [0, 0.1) is 33.6 Å². The van der Waals surface area contributed by atoms with Gasteiger partial charge in [-0.1, -0.05) is 32.9 Å². The maximum Gasteiger partial charge on any atom is 0.461 e. The Kier molecular flexibility index (Phi) is 2.95. The molecule has 2 bridgehead atoms. The van der Waals surface area contributed by atoms with Crippen molar-refractivity contribution in [2.24, 2.45) is 23.2 Å². The zero-order chi connectivity index (χ0) is 16.4. The highest BCUT2D eigenvalue weighted by molar-refractivity contribution is 5.67. The average Bonchev–Trinajstić information content (AvgIpc) is 2.53. The average molecular weight is 314 g/mol. The fraction of sp³-hybridized carbons (Fsp3) is 0.588. The van der Waals surface area contributed by atoms with Crippen molar-refractivity contribution in [3.05, 3.63) is 34.7 Å². The van der Waals surface area contributed by atoms with Crippen LogP contribution in [0.4, 0.5) is 5.95 Å². The Morgan fingerprint density at radius 2 is 1.87 bits per heavy atom. The molecule has 1 aromatic heterocycles. The third-order valence-electron chi connectivity index (χ3n) is 6.35. The second-order valence-corrected chi connectivity index (χ2v) is 7.69. The third kappa shape index (κ3) is 1.97. The van der Waals surface area contributed by atoms with Gasteiger partial charge in [0.25, 0.3) is 5.52 Å². The van der Waals surface area contributed by atoms with Crippen molar-refractivity contribution < 1.29 is 9.58 Å². The molecule has 122 valence electrons. The van der Waals surface area contributed by atoms with E-state index in [0.29, 0.717) is 33.5 Å². The van der Waals surface area contributed by atoms with Gasteiger partial charge in [-0.3, -0.25) is 5.32 Å². The van der Waals surface area contributed by atoms with Gasteiger partial charge in [-0.25, -0.2) is 4.73 Å². The van der Waals surface area contributed by atoms with Gasteiger partial charge >= 0.3 is 5.95 Å². The molecule has 0 spiro atoms. The van der Waals surface area contributed by atoms with E-state index in [-0.39, 0.29) is 17.5 Å². The van der Waals surface area contributed by atoms with E-state index >= 15 is 0 Å². The summed E-state index contributed by atoms with van der Waals surface area (Å²) in [7, 11) is 0. The number of rotatable bonds is 2. The van der Waals surface area contributed by atoms with Crippen molar-refractivity contribution in [3.63, 3.8) is 0 Å². The number of anilines is 1. The van der Waals surface area contributed by atoms with E-state index in [1.165, 1.54) is 6.42 Å². The zero-order valence-corrected chi connectivity index (χ0v) is 13.7. The normalized spacial score (nSPS) is 31.6. The summed E-state index contributed by atoms with van der Waals surface area (Å²) in [6.07, 6.45) is 2.30. The number of hydrogen-bond acceptors (Lipinski definition) is 4. The lowest BCUT2D eigenvalue weighted by Crippen LogP contribution is -2.59. The molecular formula is C17H22N4O2. The van der Waals surface area contributed by atoms with Gasteiger partial charge in [0.05, 0.1) is 6.04 Å². The summed E-state index contributed by atoms with van der Waals surface area (Å²) in [5.74, 6) is 1.91. The van der Waals surface area contributed by atoms with Crippen LogP contribution in [0.15, 0.2) is 24.3 Å². The van der Waals surface area contributed by atoms with E-state index in [1.54, 1.807) is 24.3 Å². The van der Waals surface area contributed by atoms with Crippen LogP contribution in [-0.2, 0) is 0 Å². The van der Waals surface area contributed by atoms with Crippen LogP contribution in [0.3, 0.4) is 0 Å². The molecule has 3 saturated carbocycles. The Morgan fingerprint density at radius 1 is 1.17 bits per heavy atom. The summed E-state index contributed by atoms with van der Waals surface area (Å²) in [6.45, 7) is 6.92. The van der Waals surface area contributed by atoms with Gasteiger partial charge < -0.3 is 10.4 Å². The molecule has 0 saturated heterocycles. The van der Waals surface area contributed by atoms with Gasteiger partial charge in [0.15, 0.2) is 5.52 Å². The number of para-hydroxylation sites is 2. The summed E-state index contributed by atoms with van der Waals surface area (Å²) in [5, 5.41) is 31.7. The Bertz CT molecular complexity index is 777. The first-order chi connectivity index (χ1) is 10.9. The van der Waals surface area contributed by atoms with Crippen LogP contribution in [0.25, 0.3) is 11.0 Å². The van der Waals surface area contributed by atoms with Crippen molar-refractivity contribution in [2.75, 3.05) is 5.32 Å². The SMILES string of the molecule is C[C@@H]1[C@H]2C[C@@H](C[C@H]1Nc1n[n+]([O-])c3ccccc3[n+]1[O-])C2(C)C. The van der Waals surface area contributed by atoms with E-state index < -0.39 is 0 Å². The Balaban J connectivity index is 1.65. The minimum absolute atomic E-state index is 0.106. The van der Waals surface area contributed by atoms with Gasteiger partial charge in [0.2, 0.25) is 5.10 Å². The van der Waals surface area contributed by atoms with Crippen molar-refractivity contribution in [1.29, 1.82) is 0 Å². The first kappa shape index (κ1) is 14.5. The minimum Gasteiger partial charge on any atom is -0.739 e. The summed E-state index contributed by atoms with van der Waals surface area (Å²) in [5.41, 5.74) is 1.02. The first-order valence-electron chi connectivity index (χ1n) is 8.28. The van der Waals surface area contributed by atoms with Crippen LogP contribution < -0.4 is 14.9 Å². The zero-order valence-electron chi connectivity index (χ0n) is 13.7. The minimum atomic E-state index is 0.106. The maximum absolute atomic E-state index is 12.5. The lowest BCUT2D eigenvalue weighted by atomic mass is 9.45. The molecule has 1 aromatic carbocycles. The topological polar surface area (TPSA) is 78.8 Å². The molecule has 5 rings (SSSR count). The number of nitrogens with zero attached hydrogens (tertiary/aromatic N) is 3. The summed E-state index contributed by atoms with van der Waals surface area (Å²) >= 11 is 0. The molecule has 4 atom stereocenters. The molecule has 3 aliphatic rings. The van der Waals surface area contributed by atoms with Gasteiger partial charge in [0.1, 0.15) is 0 Å². The number of aromatic nitrogens is 3. The van der Waals surface area contributed by atoms with Crippen LogP contribution in [0.2, 0.25) is 0 Å². The molecule has 0 aliphatic heterocycles. The smallest absolute Gasteiger partial charge is 0.461 e. The second kappa shape index (κ2) is 4.69. The lowest BCUT2D eigenvalue weighted by Gasteiger charge is -2.61. The molecule has 6 heteroatoms. The molecule has 23 heavy (non-hydrogen) atoms. The van der Waals surface area contributed by atoms with Crippen molar-refractivity contribution in [1.82, 2.24) is 5.10 Å². The van der Waals surface area contributed by atoms with Gasteiger partial charge in [0, 0.05) is 10.9 Å². The predicted octanol–water partition coefficient (Wildman–Crippen LogP) is 1.98. The van der Waals surface area contributed by atoms with Gasteiger partial charge in [-0.05, 0) is 42.1 Å². The van der Waals surface area contributed by atoms with E-state index in [4.69, 9.17) is 0 Å². The summed E-state index contributed by atoms with van der Waals surface area (Å²) < 4.78 is 0.738. The first-order valence-corrected chi connectivity index (χ1v) is 8.28. The highest BCUT2D eigenvalue weighted by Crippen LogP contribution is 2.61. The van der Waals surface area contributed by atoms with Gasteiger partial charge in [-0.15, -0.1) is 0 Å². The highest BCUT2D eigenvalue weighted by Gasteiger charge is 2.57. The number of fused-ring (bicyclic) bond motifs is 3. The summed E-state index contributed by atoms with van der Waals surface area (Å²) in [6, 6.07) is 6.93. The molecule has 2 aromatic rings. The molecule has 0 radical (unpaired) electrons. The standard InChI is InChI=1S/C17H22N4O2/c1-10-12-8-11(17(12,2)3)9-13(10)18-16-19-21(23)15-7-5-4-6-14(15)20(16)22/h4-7,10-13H,8-9H2,1-3H3,(H,18,19)/t10-,11+,12-,13-/m1/s1. The van der Waals surface area contributed by atoms with Crippen molar-refractivity contribution >= 4 is 17.0 Å². The quantitative estimate of drug-likeness (QED) is 0.679. The second-order valence-electron chi connectivity index (χ2n) is 7.69. The van der Waals surface area contributed by atoms with E-state index in [9.17, 15) is 10.4 Å². The van der Waals surface area contributed by atoms with E-state index in [2.05, 4.69) is 31.2 Å². The van der Waals surface area contributed by atoms with Crippen LogP contribution in [0.1, 0.15) is 33.6 Å². The maximum atomic E-state index is 12.5. The van der Waals surface area contributed by atoms with E-state index in [0.717, 1.165) is 11.2 Å². The molecular weight excluding hydrogens is 292 g/mol. The molecule has 0 unspecified atom stereocenters. The van der Waals surface area contributed by atoms with Crippen LogP contribution >= 0.6 is 0 Å². The summed E-state index contributed by atoms with van der Waals surface area (Å²) in [4.78, 5) is 0.532. The van der Waals surface area contributed by atoms with Crippen LogP contribution in [0.5, 0.6) is 0 Å². The van der Waals surface area contributed by atoms with Gasteiger partial charge in [-0.2, -0.15) is 0 Å². The molecule has 1 N–H and O–H groups in total. The monoisotopic (exact) mass is 314 g/mol. The number of hydrogen-bond donors (Lipinski definition) is 1. The fourth-order valence-corrected chi connectivity index (χ4v) is 4.69. The number of nitrogens with one attached hydrogen (secondary N) is 1. The Hall–Kier alpha value is -2.11. The Labute approximate surface area is 135 Å². The fourth-order valence-electron chi connectivity index (χ4n) is 4.69. The molecule has 6 nitrogen and oxygen atoms in total.